The average Bonchev–Trinajstić information content (AvgIpc) is 2.71. The number of hydrogen-bond acceptors (Lipinski definition) is 4. The van der Waals surface area contributed by atoms with Crippen LogP contribution in [0.4, 0.5) is 0 Å². The molecule has 88 valence electrons. The zero-order valence-electron chi connectivity index (χ0n) is 8.71. The maximum atomic E-state index is 5.26. The summed E-state index contributed by atoms with van der Waals surface area (Å²) in [4.78, 5) is 0. The van der Waals surface area contributed by atoms with E-state index < -0.39 is 0 Å². The van der Waals surface area contributed by atoms with Gasteiger partial charge in [0.15, 0.2) is 0 Å². The minimum Gasteiger partial charge on any atom is -0.380 e. The van der Waals surface area contributed by atoms with Gasteiger partial charge in [0.1, 0.15) is 12.2 Å². The first-order valence-corrected chi connectivity index (χ1v) is 4.41. The highest BCUT2D eigenvalue weighted by molar-refractivity contribution is 5.85. The summed E-state index contributed by atoms with van der Waals surface area (Å²) in [6.45, 7) is 0.897. The fourth-order valence-corrected chi connectivity index (χ4v) is 1.69. The molecule has 2 heterocycles. The maximum Gasteiger partial charge on any atom is 0.149 e. The summed E-state index contributed by atoms with van der Waals surface area (Å²) in [5.41, 5.74) is 0. The smallest absolute Gasteiger partial charge is 0.149 e. The Bertz CT molecular complexity index is 294. The number of methoxy groups -OCH3 is 1. The van der Waals surface area contributed by atoms with Gasteiger partial charge in [0.25, 0.3) is 0 Å². The first-order chi connectivity index (χ1) is 6.31. The molecular weight excluding hydrogens is 239 g/mol. The summed E-state index contributed by atoms with van der Waals surface area (Å²) >= 11 is 0. The summed E-state index contributed by atoms with van der Waals surface area (Å²) < 4.78 is 7.20. The first-order valence-electron chi connectivity index (χ1n) is 4.41. The highest BCUT2D eigenvalue weighted by Gasteiger charge is 2.27. The number of nitrogens with zero attached hydrogens (tertiary/aromatic N) is 3. The first kappa shape index (κ1) is 14.6. The van der Waals surface area contributed by atoms with Crippen LogP contribution in [-0.4, -0.2) is 34.5 Å². The lowest BCUT2D eigenvalue weighted by molar-refractivity contribution is 0.117. The summed E-state index contributed by atoms with van der Waals surface area (Å²) in [5.74, 6) is 0.986. The molecule has 0 spiro atoms. The van der Waals surface area contributed by atoms with Crippen LogP contribution in [0.5, 0.6) is 0 Å². The van der Waals surface area contributed by atoms with Crippen LogP contribution in [-0.2, 0) is 11.8 Å². The molecule has 1 N–H and O–H groups in total. The number of ether oxygens (including phenoxy) is 1. The molecule has 2 rings (SSSR count). The van der Waals surface area contributed by atoms with Gasteiger partial charge in [-0.25, -0.2) is 0 Å². The quantitative estimate of drug-likeness (QED) is 0.845. The molecule has 1 fully saturated rings. The van der Waals surface area contributed by atoms with Crippen molar-refractivity contribution in [1.29, 1.82) is 0 Å². The van der Waals surface area contributed by atoms with E-state index in [0.717, 1.165) is 18.8 Å². The fraction of sp³-hybridized carbons (Fsp3) is 0.750. The molecule has 0 radical (unpaired) electrons. The molecule has 1 aromatic rings. The van der Waals surface area contributed by atoms with Crippen LogP contribution in [0.3, 0.4) is 0 Å². The van der Waals surface area contributed by atoms with Crippen molar-refractivity contribution in [3.05, 3.63) is 12.2 Å². The Balaban J connectivity index is 0.000000980. The summed E-state index contributed by atoms with van der Waals surface area (Å²) in [7, 11) is 3.70. The Hall–Kier alpha value is -0.360. The van der Waals surface area contributed by atoms with Gasteiger partial charge in [0.2, 0.25) is 0 Å². The maximum absolute atomic E-state index is 5.26. The van der Waals surface area contributed by atoms with E-state index in [1.807, 2.05) is 11.6 Å². The Morgan fingerprint density at radius 2 is 2.27 bits per heavy atom. The zero-order valence-corrected chi connectivity index (χ0v) is 10.3. The van der Waals surface area contributed by atoms with E-state index in [1.165, 1.54) is 0 Å². The van der Waals surface area contributed by atoms with Crippen molar-refractivity contribution in [3.8, 4) is 0 Å². The second kappa shape index (κ2) is 6.27. The van der Waals surface area contributed by atoms with Crippen LogP contribution in [0.2, 0.25) is 0 Å². The van der Waals surface area contributed by atoms with E-state index in [9.17, 15) is 0 Å². The number of rotatable bonds is 2. The van der Waals surface area contributed by atoms with Crippen molar-refractivity contribution in [2.24, 2.45) is 7.05 Å². The Kier molecular flexibility index (Phi) is 6.12. The van der Waals surface area contributed by atoms with Crippen molar-refractivity contribution in [1.82, 2.24) is 20.1 Å². The Morgan fingerprint density at radius 3 is 2.73 bits per heavy atom. The Morgan fingerprint density at radius 1 is 1.53 bits per heavy atom. The van der Waals surface area contributed by atoms with Gasteiger partial charge < -0.3 is 14.6 Å². The molecule has 1 aliphatic heterocycles. The molecule has 0 saturated carbocycles. The van der Waals surface area contributed by atoms with Gasteiger partial charge in [-0.2, -0.15) is 0 Å². The molecule has 0 aromatic carbocycles. The number of nitrogens with one attached hydrogen (secondary N) is 1. The highest BCUT2D eigenvalue weighted by Crippen LogP contribution is 2.22. The molecule has 7 heteroatoms. The summed E-state index contributed by atoms with van der Waals surface area (Å²) in [5, 5.41) is 11.3. The molecule has 1 aliphatic rings. The Labute approximate surface area is 101 Å². The second-order valence-corrected chi connectivity index (χ2v) is 3.35. The molecule has 2 atom stereocenters. The van der Waals surface area contributed by atoms with Crippen molar-refractivity contribution < 1.29 is 4.74 Å². The van der Waals surface area contributed by atoms with Gasteiger partial charge in [-0.15, -0.1) is 35.0 Å². The fourth-order valence-electron chi connectivity index (χ4n) is 1.69. The molecule has 0 aliphatic carbocycles. The summed E-state index contributed by atoms with van der Waals surface area (Å²) in [6.07, 6.45) is 3.00. The molecule has 15 heavy (non-hydrogen) atoms. The van der Waals surface area contributed by atoms with Crippen LogP contribution in [0.15, 0.2) is 6.33 Å². The zero-order chi connectivity index (χ0) is 9.26. The van der Waals surface area contributed by atoms with Gasteiger partial charge in [0.05, 0.1) is 12.1 Å². The van der Waals surface area contributed by atoms with E-state index >= 15 is 0 Å². The third-order valence-corrected chi connectivity index (χ3v) is 2.48. The normalized spacial score (nSPS) is 24.4. The molecule has 0 amide bonds. The average molecular weight is 255 g/mol. The van der Waals surface area contributed by atoms with Gasteiger partial charge >= 0.3 is 0 Å². The highest BCUT2D eigenvalue weighted by atomic mass is 35.5. The van der Waals surface area contributed by atoms with Crippen molar-refractivity contribution in [3.63, 3.8) is 0 Å². The van der Waals surface area contributed by atoms with Crippen LogP contribution in [0.25, 0.3) is 0 Å². The molecule has 1 aromatic heterocycles. The standard InChI is InChI=1S/C8H14N4O.2ClH/c1-12-5-10-11-8(12)7-3-6(13-2)4-9-7;;/h5-7,9H,3-4H2,1-2H3;2*1H. The number of halogens is 2. The topological polar surface area (TPSA) is 52.0 Å². The van der Waals surface area contributed by atoms with E-state index in [1.54, 1.807) is 13.4 Å². The van der Waals surface area contributed by atoms with Crippen molar-refractivity contribution in [2.75, 3.05) is 13.7 Å². The summed E-state index contributed by atoms with van der Waals surface area (Å²) in [6, 6.07) is 0.289. The lowest BCUT2D eigenvalue weighted by Crippen LogP contribution is -2.18. The molecule has 1 saturated heterocycles. The van der Waals surface area contributed by atoms with Crippen molar-refractivity contribution in [2.45, 2.75) is 18.6 Å². The molecule has 0 bridgehead atoms. The predicted octanol–water partition coefficient (Wildman–Crippen LogP) is 0.708. The third-order valence-electron chi connectivity index (χ3n) is 2.48. The minimum atomic E-state index is 0. The van der Waals surface area contributed by atoms with Crippen LogP contribution in [0.1, 0.15) is 18.3 Å². The van der Waals surface area contributed by atoms with Gasteiger partial charge in [0, 0.05) is 20.7 Å². The second-order valence-electron chi connectivity index (χ2n) is 3.35. The van der Waals surface area contributed by atoms with Crippen LogP contribution >= 0.6 is 24.8 Å². The third kappa shape index (κ3) is 3.04. The van der Waals surface area contributed by atoms with E-state index in [2.05, 4.69) is 15.5 Å². The van der Waals surface area contributed by atoms with E-state index in [-0.39, 0.29) is 30.9 Å². The SMILES string of the molecule is COC1CNC(c2nncn2C)C1.Cl.Cl. The van der Waals surface area contributed by atoms with Gasteiger partial charge in [-0.3, -0.25) is 0 Å². The number of aromatic nitrogens is 3. The lowest BCUT2D eigenvalue weighted by Gasteiger charge is -2.08. The van der Waals surface area contributed by atoms with Gasteiger partial charge in [-0.05, 0) is 6.42 Å². The predicted molar refractivity (Wildman–Crippen MR) is 61.7 cm³/mol. The number of hydrogen-bond donors (Lipinski definition) is 1. The molecule has 5 nitrogen and oxygen atoms in total. The van der Waals surface area contributed by atoms with Crippen LogP contribution < -0.4 is 5.32 Å². The monoisotopic (exact) mass is 254 g/mol. The molecule has 2 unspecified atom stereocenters. The van der Waals surface area contributed by atoms with E-state index in [0.29, 0.717) is 6.10 Å². The van der Waals surface area contributed by atoms with Gasteiger partial charge in [-0.1, -0.05) is 0 Å². The van der Waals surface area contributed by atoms with E-state index in [4.69, 9.17) is 4.74 Å². The van der Waals surface area contributed by atoms with Crippen LogP contribution in [0, 0.1) is 0 Å². The van der Waals surface area contributed by atoms with Crippen molar-refractivity contribution >= 4 is 24.8 Å². The minimum absolute atomic E-state index is 0. The molecular formula is C8H16Cl2N4O. The lowest BCUT2D eigenvalue weighted by atomic mass is 10.2. The largest absolute Gasteiger partial charge is 0.380 e. The number of aryl methyl sites for hydroxylation is 1.